The van der Waals surface area contributed by atoms with Crippen LogP contribution in [-0.4, -0.2) is 50.3 Å². The van der Waals surface area contributed by atoms with Gasteiger partial charge in [0.05, 0.1) is 20.3 Å². The summed E-state index contributed by atoms with van der Waals surface area (Å²) in [6, 6.07) is -1.75. The van der Waals surface area contributed by atoms with Crippen LogP contribution in [0.15, 0.2) is 0 Å². The van der Waals surface area contributed by atoms with E-state index in [-0.39, 0.29) is 71.0 Å². The monoisotopic (exact) mass is 279 g/mol. The van der Waals surface area contributed by atoms with Crippen LogP contribution in [0.2, 0.25) is 0 Å². The van der Waals surface area contributed by atoms with Crippen LogP contribution in [0.5, 0.6) is 0 Å². The molecule has 2 aliphatic heterocycles. The number of hydroxylamine groups is 2. The number of rotatable bonds is 2. The number of hydrogen-bond acceptors (Lipinski definition) is 5. The standard InChI is InChI=1S/C11H20NO4.K/c1-9-5-11(3-4-12(9)14-2)15-7-10(6-13)8-16-11;/h9-10H,3-8H2,1-2H3;/q-1;+1/i4T2,5T,9T,10T;. The normalized spacial score (nSPS) is 59.2. The Kier molecular flexibility index (Phi) is 4.37. The Bertz CT molecular complexity index is 406. The molecule has 2 aliphatic rings. The van der Waals surface area contributed by atoms with Crippen molar-refractivity contribution < 1.29 is 77.7 Å². The van der Waals surface area contributed by atoms with Gasteiger partial charge < -0.3 is 19.4 Å². The molecule has 6 heteroatoms. The quantitative estimate of drug-likeness (QED) is 0.497. The maximum absolute atomic E-state index is 11.0. The first-order chi connectivity index (χ1) is 9.53. The maximum Gasteiger partial charge on any atom is 1.00 e. The third-order valence-corrected chi connectivity index (χ3v) is 2.65. The fraction of sp³-hybridized carbons (Fsp3) is 1.00. The summed E-state index contributed by atoms with van der Waals surface area (Å²) in [4.78, 5) is 4.94. The molecule has 0 aromatic heterocycles. The van der Waals surface area contributed by atoms with Crippen molar-refractivity contribution in [2.45, 2.75) is 31.5 Å². The zero-order valence-corrected chi connectivity index (χ0v) is 13.6. The third-order valence-electron chi connectivity index (χ3n) is 2.65. The predicted octanol–water partition coefficient (Wildman–Crippen LogP) is -3.24. The molecule has 2 saturated heterocycles. The molecule has 17 heavy (non-hydrogen) atoms. The van der Waals surface area contributed by atoms with E-state index in [2.05, 4.69) is 0 Å². The molecule has 0 bridgehead atoms. The molecule has 0 radical (unpaired) electrons. The maximum atomic E-state index is 11.0. The Balaban J connectivity index is 0.00000242. The first-order valence-electron chi connectivity index (χ1n) is 7.73. The van der Waals surface area contributed by atoms with E-state index in [9.17, 15) is 5.11 Å². The Morgan fingerprint density at radius 1 is 1.59 bits per heavy atom. The van der Waals surface area contributed by atoms with E-state index in [1.807, 2.05) is 0 Å². The van der Waals surface area contributed by atoms with Crippen molar-refractivity contribution in [1.29, 1.82) is 0 Å². The molecule has 0 amide bonds. The predicted molar refractivity (Wildman–Crippen MR) is 55.4 cm³/mol. The summed E-state index contributed by atoms with van der Waals surface area (Å²) in [5.74, 6) is -3.09. The van der Waals surface area contributed by atoms with Crippen LogP contribution in [-0.2, 0) is 14.3 Å². The Labute approximate surface area is 152 Å². The largest absolute Gasteiger partial charge is 1.00 e. The summed E-state index contributed by atoms with van der Waals surface area (Å²) >= 11 is 0. The first kappa shape index (κ1) is 10.2. The van der Waals surface area contributed by atoms with Gasteiger partial charge in [0, 0.05) is 32.2 Å². The van der Waals surface area contributed by atoms with E-state index in [0.717, 1.165) is 5.06 Å². The van der Waals surface area contributed by atoms with Gasteiger partial charge in [-0.15, -0.1) is 6.61 Å². The third kappa shape index (κ3) is 3.95. The van der Waals surface area contributed by atoms with Gasteiger partial charge in [0.15, 0.2) is 5.79 Å². The van der Waals surface area contributed by atoms with Crippen molar-refractivity contribution in [3.8, 4) is 0 Å². The second-order valence-electron chi connectivity index (χ2n) is 3.88. The molecule has 0 aromatic rings. The SMILES string of the molecule is [3H]C1C2(CC([3H])([3H])N(OC)C1([3H])C)OCC([3H])(C[O-])CO2.[K+]. The molecule has 1 spiro atoms. The summed E-state index contributed by atoms with van der Waals surface area (Å²) in [5.41, 5.74) is 0. The molecule has 94 valence electrons. The minimum atomic E-state index is -2.08. The summed E-state index contributed by atoms with van der Waals surface area (Å²) in [7, 11) is 1.24. The molecule has 0 N–H and O–H groups in total. The molecular weight excluding hydrogens is 249 g/mol. The average Bonchev–Trinajstić information content (AvgIpc) is 2.39. The van der Waals surface area contributed by atoms with Crippen LogP contribution in [0.1, 0.15) is 26.6 Å². The van der Waals surface area contributed by atoms with E-state index in [1.165, 1.54) is 14.0 Å². The van der Waals surface area contributed by atoms with E-state index >= 15 is 0 Å². The van der Waals surface area contributed by atoms with Gasteiger partial charge in [0.2, 0.25) is 0 Å². The van der Waals surface area contributed by atoms with Gasteiger partial charge >= 0.3 is 51.4 Å². The van der Waals surface area contributed by atoms with Crippen molar-refractivity contribution in [2.75, 3.05) is 33.4 Å². The second-order valence-corrected chi connectivity index (χ2v) is 3.88. The van der Waals surface area contributed by atoms with E-state index in [1.54, 1.807) is 0 Å². The number of hydrogen-bond donors (Lipinski definition) is 0. The topological polar surface area (TPSA) is 54.0 Å². The Morgan fingerprint density at radius 3 is 2.76 bits per heavy atom. The van der Waals surface area contributed by atoms with Gasteiger partial charge in [-0.1, -0.05) is 0 Å². The van der Waals surface area contributed by atoms with Crippen LogP contribution in [0, 0.1) is 5.89 Å². The van der Waals surface area contributed by atoms with Gasteiger partial charge in [-0.05, 0) is 12.8 Å². The van der Waals surface area contributed by atoms with Crippen LogP contribution >= 0.6 is 0 Å². The van der Waals surface area contributed by atoms with Crippen LogP contribution < -0.4 is 56.5 Å². The van der Waals surface area contributed by atoms with Crippen LogP contribution in [0.4, 0.5) is 0 Å². The van der Waals surface area contributed by atoms with E-state index in [4.69, 9.17) is 21.2 Å². The number of ether oxygens (including phenoxy) is 2. The van der Waals surface area contributed by atoms with E-state index < -0.39 is 37.2 Å². The number of nitrogens with zero attached hydrogens (tertiary/aromatic N) is 1. The van der Waals surface area contributed by atoms with Crippen molar-refractivity contribution in [3.63, 3.8) is 0 Å². The smallest absolute Gasteiger partial charge is 0.854 e. The van der Waals surface area contributed by atoms with Crippen molar-refractivity contribution in [1.82, 2.24) is 5.06 Å². The van der Waals surface area contributed by atoms with Gasteiger partial charge in [-0.25, -0.2) is 0 Å². The minimum absolute atomic E-state index is 0. The van der Waals surface area contributed by atoms with Crippen LogP contribution in [0.3, 0.4) is 0 Å². The van der Waals surface area contributed by atoms with E-state index in [0.29, 0.717) is 0 Å². The second kappa shape index (κ2) is 7.28. The summed E-state index contributed by atoms with van der Waals surface area (Å²) in [6.45, 7) is -1.94. The Hall–Kier alpha value is 1.44. The first-order valence-corrected chi connectivity index (χ1v) is 5.16. The molecular formula is C11H20KNO4. The minimum Gasteiger partial charge on any atom is -0.854 e. The van der Waals surface area contributed by atoms with Crippen LogP contribution in [0.25, 0.3) is 0 Å². The van der Waals surface area contributed by atoms with Crippen molar-refractivity contribution in [2.24, 2.45) is 5.89 Å². The van der Waals surface area contributed by atoms with Gasteiger partial charge in [-0.2, -0.15) is 5.06 Å². The van der Waals surface area contributed by atoms with Gasteiger partial charge in [-0.3, -0.25) is 0 Å². The molecule has 2 rings (SSSR count). The summed E-state index contributed by atoms with van der Waals surface area (Å²) < 4.78 is 51.3. The molecule has 2 heterocycles. The fourth-order valence-electron chi connectivity index (χ4n) is 1.74. The molecule has 0 saturated carbocycles. The Morgan fingerprint density at radius 2 is 2.24 bits per heavy atom. The van der Waals surface area contributed by atoms with Gasteiger partial charge in [0.1, 0.15) is 0 Å². The average molecular weight is 279 g/mol. The molecule has 2 atom stereocenters. The van der Waals surface area contributed by atoms with Crippen molar-refractivity contribution >= 4 is 0 Å². The summed E-state index contributed by atoms with van der Waals surface area (Å²) in [6.07, 6.45) is -1.63. The molecule has 2 fully saturated rings. The van der Waals surface area contributed by atoms with Crippen molar-refractivity contribution in [3.05, 3.63) is 0 Å². The molecule has 2 unspecified atom stereocenters. The molecule has 0 aliphatic carbocycles. The summed E-state index contributed by atoms with van der Waals surface area (Å²) in [5, 5.41) is 11.8. The molecule has 5 nitrogen and oxygen atoms in total. The van der Waals surface area contributed by atoms with Gasteiger partial charge in [0.25, 0.3) is 0 Å². The zero-order valence-electron chi connectivity index (χ0n) is 15.5. The zero-order chi connectivity index (χ0) is 16.1. The fourth-order valence-corrected chi connectivity index (χ4v) is 1.74. The molecule has 0 aromatic carbocycles. The number of piperidine rings is 1.